The number of fused-ring (bicyclic) bond motifs is 1. The highest BCUT2D eigenvalue weighted by Crippen LogP contribution is 2.17. The van der Waals surface area contributed by atoms with E-state index in [1.807, 2.05) is 37.3 Å². The van der Waals surface area contributed by atoms with Gasteiger partial charge in [-0.3, -0.25) is 4.79 Å². The van der Waals surface area contributed by atoms with E-state index in [2.05, 4.69) is 29.4 Å². The van der Waals surface area contributed by atoms with E-state index in [-0.39, 0.29) is 11.9 Å². The number of rotatable bonds is 4. The van der Waals surface area contributed by atoms with Crippen molar-refractivity contribution in [3.8, 4) is 0 Å². The molecule has 0 bridgehead atoms. The molecule has 1 atom stereocenters. The molecule has 3 aromatic rings. The van der Waals surface area contributed by atoms with Crippen LogP contribution in [0.5, 0.6) is 0 Å². The normalized spacial score (nSPS) is 12.3. The first-order valence-electron chi connectivity index (χ1n) is 7.34. The minimum atomic E-state index is -0.119. The first-order chi connectivity index (χ1) is 10.6. The SMILES string of the molecule is Cc1ccc(CC(C)NC(=O)c2ccc3ccccc3n2)s1. The largest absolute Gasteiger partial charge is 0.348 e. The summed E-state index contributed by atoms with van der Waals surface area (Å²) in [4.78, 5) is 19.3. The van der Waals surface area contributed by atoms with E-state index in [1.54, 1.807) is 17.4 Å². The predicted octanol–water partition coefficient (Wildman–Crippen LogP) is 3.97. The van der Waals surface area contributed by atoms with E-state index in [9.17, 15) is 4.79 Å². The lowest BCUT2D eigenvalue weighted by atomic mass is 10.1. The molecule has 2 aromatic heterocycles. The molecule has 0 radical (unpaired) electrons. The zero-order valence-electron chi connectivity index (χ0n) is 12.7. The third kappa shape index (κ3) is 3.34. The number of hydrogen-bond acceptors (Lipinski definition) is 3. The van der Waals surface area contributed by atoms with Crippen molar-refractivity contribution >= 4 is 28.1 Å². The van der Waals surface area contributed by atoms with Crippen LogP contribution < -0.4 is 5.32 Å². The van der Waals surface area contributed by atoms with E-state index >= 15 is 0 Å². The third-order valence-corrected chi connectivity index (χ3v) is 4.53. The van der Waals surface area contributed by atoms with Gasteiger partial charge in [0.1, 0.15) is 5.69 Å². The van der Waals surface area contributed by atoms with Crippen molar-refractivity contribution in [2.75, 3.05) is 0 Å². The molecular weight excluding hydrogens is 292 g/mol. The van der Waals surface area contributed by atoms with Crippen LogP contribution in [0.2, 0.25) is 0 Å². The smallest absolute Gasteiger partial charge is 0.270 e. The lowest BCUT2D eigenvalue weighted by Gasteiger charge is -2.12. The van der Waals surface area contributed by atoms with E-state index in [0.29, 0.717) is 5.69 Å². The van der Waals surface area contributed by atoms with Crippen molar-refractivity contribution in [2.24, 2.45) is 0 Å². The number of para-hydroxylation sites is 1. The second-order valence-electron chi connectivity index (χ2n) is 5.48. The Labute approximate surface area is 134 Å². The van der Waals surface area contributed by atoms with Gasteiger partial charge in [0.25, 0.3) is 5.91 Å². The Morgan fingerprint density at radius 2 is 2.00 bits per heavy atom. The Morgan fingerprint density at radius 1 is 1.18 bits per heavy atom. The van der Waals surface area contributed by atoms with Crippen LogP contribution in [0.4, 0.5) is 0 Å². The summed E-state index contributed by atoms with van der Waals surface area (Å²) in [7, 11) is 0. The molecule has 4 heteroatoms. The summed E-state index contributed by atoms with van der Waals surface area (Å²) in [5.74, 6) is -0.119. The van der Waals surface area contributed by atoms with E-state index in [4.69, 9.17) is 0 Å². The summed E-state index contributed by atoms with van der Waals surface area (Å²) < 4.78 is 0. The van der Waals surface area contributed by atoms with Gasteiger partial charge in [0.05, 0.1) is 5.52 Å². The number of hydrogen-bond donors (Lipinski definition) is 1. The monoisotopic (exact) mass is 310 g/mol. The van der Waals surface area contributed by atoms with Gasteiger partial charge >= 0.3 is 0 Å². The van der Waals surface area contributed by atoms with Crippen LogP contribution in [0.25, 0.3) is 10.9 Å². The van der Waals surface area contributed by atoms with Crippen molar-refractivity contribution in [1.29, 1.82) is 0 Å². The third-order valence-electron chi connectivity index (χ3n) is 3.51. The number of aryl methyl sites for hydroxylation is 1. The molecule has 0 saturated heterocycles. The zero-order valence-corrected chi connectivity index (χ0v) is 13.5. The van der Waals surface area contributed by atoms with E-state index < -0.39 is 0 Å². The van der Waals surface area contributed by atoms with Crippen molar-refractivity contribution in [3.05, 3.63) is 64.0 Å². The Balaban J connectivity index is 1.69. The number of thiophene rings is 1. The van der Waals surface area contributed by atoms with Gasteiger partial charge in [-0.15, -0.1) is 11.3 Å². The van der Waals surface area contributed by atoms with Gasteiger partial charge in [-0.1, -0.05) is 24.3 Å². The maximum absolute atomic E-state index is 12.3. The fourth-order valence-corrected chi connectivity index (χ4v) is 3.46. The summed E-state index contributed by atoms with van der Waals surface area (Å²) in [6.45, 7) is 4.12. The predicted molar refractivity (Wildman–Crippen MR) is 91.4 cm³/mol. The molecule has 0 fully saturated rings. The quantitative estimate of drug-likeness (QED) is 0.792. The number of nitrogens with zero attached hydrogens (tertiary/aromatic N) is 1. The second-order valence-corrected chi connectivity index (χ2v) is 6.85. The summed E-state index contributed by atoms with van der Waals surface area (Å²) in [5.41, 5.74) is 1.31. The summed E-state index contributed by atoms with van der Waals surface area (Å²) in [6.07, 6.45) is 0.845. The molecule has 3 nitrogen and oxygen atoms in total. The molecule has 1 unspecified atom stereocenters. The highest BCUT2D eigenvalue weighted by molar-refractivity contribution is 7.11. The van der Waals surface area contributed by atoms with Crippen molar-refractivity contribution in [3.63, 3.8) is 0 Å². The molecule has 0 aliphatic carbocycles. The number of amides is 1. The number of aromatic nitrogens is 1. The fraction of sp³-hybridized carbons (Fsp3) is 0.222. The first-order valence-corrected chi connectivity index (χ1v) is 8.15. The minimum Gasteiger partial charge on any atom is -0.348 e. The molecule has 1 N–H and O–H groups in total. The second kappa shape index (κ2) is 6.28. The average Bonchev–Trinajstić information content (AvgIpc) is 2.91. The lowest BCUT2D eigenvalue weighted by Crippen LogP contribution is -2.34. The average molecular weight is 310 g/mol. The highest BCUT2D eigenvalue weighted by Gasteiger charge is 2.12. The molecular formula is C18H18N2OS. The van der Waals surface area contributed by atoms with Gasteiger partial charge in [-0.2, -0.15) is 0 Å². The van der Waals surface area contributed by atoms with Crippen molar-refractivity contribution in [2.45, 2.75) is 26.3 Å². The van der Waals surface area contributed by atoms with Crippen LogP contribution in [-0.2, 0) is 6.42 Å². The Bertz CT molecular complexity index is 809. The van der Waals surface area contributed by atoms with Crippen LogP contribution in [0.15, 0.2) is 48.5 Å². The number of benzene rings is 1. The van der Waals surface area contributed by atoms with E-state index in [1.165, 1.54) is 9.75 Å². The molecule has 0 saturated carbocycles. The molecule has 3 rings (SSSR count). The van der Waals surface area contributed by atoms with Gasteiger partial charge < -0.3 is 5.32 Å². The molecule has 1 amide bonds. The molecule has 0 aliphatic rings. The number of carbonyl (C=O) groups is 1. The molecule has 2 heterocycles. The van der Waals surface area contributed by atoms with E-state index in [0.717, 1.165) is 17.3 Å². The molecule has 1 aromatic carbocycles. The molecule has 0 spiro atoms. The lowest BCUT2D eigenvalue weighted by molar-refractivity contribution is 0.0935. The first kappa shape index (κ1) is 14.7. The summed E-state index contributed by atoms with van der Waals surface area (Å²) >= 11 is 1.77. The Morgan fingerprint density at radius 3 is 2.77 bits per heavy atom. The molecule has 22 heavy (non-hydrogen) atoms. The Kier molecular flexibility index (Phi) is 4.20. The topological polar surface area (TPSA) is 42.0 Å². The number of nitrogens with one attached hydrogen (secondary N) is 1. The van der Waals surface area contributed by atoms with Crippen molar-refractivity contribution in [1.82, 2.24) is 10.3 Å². The zero-order chi connectivity index (χ0) is 15.5. The van der Waals surface area contributed by atoms with Crippen LogP contribution >= 0.6 is 11.3 Å². The maximum Gasteiger partial charge on any atom is 0.270 e. The standard InChI is InChI=1S/C18H18N2OS/c1-12(11-15-9-7-13(2)22-15)19-18(21)17-10-8-14-5-3-4-6-16(14)20-17/h3-10,12H,11H2,1-2H3,(H,19,21). The minimum absolute atomic E-state index is 0.0822. The number of carbonyl (C=O) groups excluding carboxylic acids is 1. The van der Waals surface area contributed by atoms with Gasteiger partial charge in [0, 0.05) is 27.6 Å². The maximum atomic E-state index is 12.3. The molecule has 0 aliphatic heterocycles. The fourth-order valence-electron chi connectivity index (χ4n) is 2.44. The van der Waals surface area contributed by atoms with Crippen LogP contribution in [0, 0.1) is 6.92 Å². The number of pyridine rings is 1. The van der Waals surface area contributed by atoms with Gasteiger partial charge in [-0.05, 0) is 38.1 Å². The van der Waals surface area contributed by atoms with Crippen LogP contribution in [0.1, 0.15) is 27.2 Å². The van der Waals surface area contributed by atoms with Crippen LogP contribution in [-0.4, -0.2) is 16.9 Å². The summed E-state index contributed by atoms with van der Waals surface area (Å²) in [6, 6.07) is 15.8. The van der Waals surface area contributed by atoms with Crippen LogP contribution in [0.3, 0.4) is 0 Å². The van der Waals surface area contributed by atoms with Gasteiger partial charge in [-0.25, -0.2) is 4.98 Å². The van der Waals surface area contributed by atoms with Gasteiger partial charge in [0.15, 0.2) is 0 Å². The summed E-state index contributed by atoms with van der Waals surface area (Å²) in [5, 5.41) is 4.07. The highest BCUT2D eigenvalue weighted by atomic mass is 32.1. The Hall–Kier alpha value is -2.20. The molecule has 112 valence electrons. The van der Waals surface area contributed by atoms with Gasteiger partial charge in [0.2, 0.25) is 0 Å². The van der Waals surface area contributed by atoms with Crippen molar-refractivity contribution < 1.29 is 4.79 Å².